The number of hydrogen-bond acceptors (Lipinski definition) is 5. The number of nitrogens with two attached hydrogens (primary N) is 1. The third-order valence-corrected chi connectivity index (χ3v) is 3.27. The molecular formula is C14H10BrN5O. The molecule has 0 unspecified atom stereocenters. The van der Waals surface area contributed by atoms with E-state index in [1.165, 1.54) is 0 Å². The molecule has 1 aliphatic heterocycles. The number of benzene rings is 1. The van der Waals surface area contributed by atoms with E-state index >= 15 is 0 Å². The molecule has 1 amide bonds. The molecule has 1 aromatic carbocycles. The summed E-state index contributed by atoms with van der Waals surface area (Å²) in [6.07, 6.45) is 0. The van der Waals surface area contributed by atoms with Gasteiger partial charge in [0.05, 0.1) is 5.69 Å². The molecule has 1 heterocycles. The summed E-state index contributed by atoms with van der Waals surface area (Å²) in [5.74, 6) is -0.311. The molecule has 1 aromatic rings. The van der Waals surface area contributed by atoms with Gasteiger partial charge in [-0.05, 0) is 6.07 Å². The van der Waals surface area contributed by atoms with Crippen LogP contribution in [0.4, 0.5) is 5.69 Å². The third kappa shape index (κ3) is 2.64. The smallest absolute Gasteiger partial charge is 0.277 e. The van der Waals surface area contributed by atoms with Gasteiger partial charge in [0.1, 0.15) is 23.5 Å². The number of rotatable bonds is 3. The molecule has 0 atom stereocenters. The van der Waals surface area contributed by atoms with Crippen LogP contribution >= 0.6 is 15.9 Å². The molecule has 0 saturated carbocycles. The number of amides is 1. The quantitative estimate of drug-likeness (QED) is 0.661. The lowest BCUT2D eigenvalue weighted by atomic mass is 10.1. The first-order valence-electron chi connectivity index (χ1n) is 6.00. The highest BCUT2D eigenvalue weighted by molar-refractivity contribution is 9.09. The van der Waals surface area contributed by atoms with Crippen LogP contribution in [-0.2, 0) is 4.79 Å². The molecule has 2 rings (SSSR count). The predicted octanol–water partition coefficient (Wildman–Crippen LogP) is 1.43. The molecular weight excluding hydrogens is 334 g/mol. The molecule has 0 saturated heterocycles. The molecule has 6 nitrogen and oxygen atoms in total. The van der Waals surface area contributed by atoms with E-state index in [1.807, 2.05) is 12.1 Å². The minimum Gasteiger partial charge on any atom is -0.388 e. The lowest BCUT2D eigenvalue weighted by Gasteiger charge is -2.14. The third-order valence-electron chi connectivity index (χ3n) is 2.91. The zero-order chi connectivity index (χ0) is 15.4. The first-order valence-corrected chi connectivity index (χ1v) is 7.12. The monoisotopic (exact) mass is 343 g/mol. The number of nitrogens with zero attached hydrogens (tertiary/aromatic N) is 4. The summed E-state index contributed by atoms with van der Waals surface area (Å²) in [6, 6.07) is 10.6. The van der Waals surface area contributed by atoms with Crippen molar-refractivity contribution in [1.29, 1.82) is 10.5 Å². The number of aliphatic imine (C=N–C) groups is 1. The van der Waals surface area contributed by atoms with Crippen molar-refractivity contribution in [2.75, 3.05) is 16.8 Å². The van der Waals surface area contributed by atoms with Crippen molar-refractivity contribution in [3.05, 3.63) is 41.2 Å². The van der Waals surface area contributed by atoms with E-state index < -0.39 is 0 Å². The van der Waals surface area contributed by atoms with Crippen molar-refractivity contribution in [1.82, 2.24) is 0 Å². The van der Waals surface area contributed by atoms with E-state index in [-0.39, 0.29) is 23.0 Å². The number of para-hydroxylation sites is 1. The minimum absolute atomic E-state index is 0.126. The van der Waals surface area contributed by atoms with Gasteiger partial charge in [0, 0.05) is 17.4 Å². The van der Waals surface area contributed by atoms with Gasteiger partial charge in [0.15, 0.2) is 5.70 Å². The number of fused-ring (bicyclic) bond motifs is 1. The van der Waals surface area contributed by atoms with E-state index in [0.717, 1.165) is 5.69 Å². The standard InChI is InChI=1S/C14H10BrN5O/c15-5-6-20-12-4-2-1-3-9(12)13(14(20)21)19-11(8-17)10(18)7-16/h1-4H,5-6,18H2/b11-10-,19-13-. The van der Waals surface area contributed by atoms with Gasteiger partial charge >= 0.3 is 0 Å². The number of nitriles is 2. The summed E-state index contributed by atoms with van der Waals surface area (Å²) >= 11 is 3.30. The lowest BCUT2D eigenvalue weighted by Crippen LogP contribution is -2.31. The fraction of sp³-hybridized carbons (Fsp3) is 0.143. The second-order valence-corrected chi connectivity index (χ2v) is 4.90. The van der Waals surface area contributed by atoms with E-state index in [1.54, 1.807) is 29.2 Å². The first-order chi connectivity index (χ1) is 10.1. The number of carbonyl (C=O) groups is 1. The van der Waals surface area contributed by atoms with E-state index in [4.69, 9.17) is 16.3 Å². The van der Waals surface area contributed by atoms with Crippen molar-refractivity contribution >= 4 is 33.2 Å². The summed E-state index contributed by atoms with van der Waals surface area (Å²) in [4.78, 5) is 18.0. The Kier molecular flexibility index (Phi) is 4.36. The van der Waals surface area contributed by atoms with Crippen molar-refractivity contribution in [2.45, 2.75) is 0 Å². The van der Waals surface area contributed by atoms with Gasteiger partial charge in [-0.1, -0.05) is 34.1 Å². The molecule has 0 fully saturated rings. The maximum atomic E-state index is 12.4. The average molecular weight is 344 g/mol. The van der Waals surface area contributed by atoms with Crippen LogP contribution in [0.3, 0.4) is 0 Å². The first kappa shape index (κ1) is 14.8. The second-order valence-electron chi connectivity index (χ2n) is 4.11. The highest BCUT2D eigenvalue weighted by Crippen LogP contribution is 2.29. The molecule has 1 aliphatic rings. The number of hydrogen-bond donors (Lipinski definition) is 1. The summed E-state index contributed by atoms with van der Waals surface area (Å²) in [5.41, 5.74) is 6.34. The molecule has 0 aromatic heterocycles. The summed E-state index contributed by atoms with van der Waals surface area (Å²) in [6.45, 7) is 0.480. The van der Waals surface area contributed by atoms with Crippen molar-refractivity contribution in [2.24, 2.45) is 10.7 Å². The van der Waals surface area contributed by atoms with Crippen molar-refractivity contribution in [3.63, 3.8) is 0 Å². The van der Waals surface area contributed by atoms with E-state index in [0.29, 0.717) is 17.4 Å². The van der Waals surface area contributed by atoms with E-state index in [2.05, 4.69) is 20.9 Å². The maximum absolute atomic E-state index is 12.4. The Morgan fingerprint density at radius 1 is 1.33 bits per heavy atom. The number of halogens is 1. The Labute approximate surface area is 129 Å². The van der Waals surface area contributed by atoms with Crippen molar-refractivity contribution in [3.8, 4) is 12.1 Å². The Hall–Kier alpha value is -2.64. The topological polar surface area (TPSA) is 106 Å². The molecule has 21 heavy (non-hydrogen) atoms. The zero-order valence-electron chi connectivity index (χ0n) is 10.9. The van der Waals surface area contributed by atoms with Crippen LogP contribution in [0.15, 0.2) is 40.7 Å². The van der Waals surface area contributed by atoms with Crippen LogP contribution in [0.1, 0.15) is 5.56 Å². The van der Waals surface area contributed by atoms with Crippen LogP contribution < -0.4 is 10.6 Å². The second kappa shape index (κ2) is 6.21. The molecule has 2 N–H and O–H groups in total. The lowest BCUT2D eigenvalue weighted by molar-refractivity contribution is -0.112. The number of carbonyl (C=O) groups excluding carboxylic acids is 1. The van der Waals surface area contributed by atoms with Crippen LogP contribution in [0.2, 0.25) is 0 Å². The average Bonchev–Trinajstić information content (AvgIpc) is 2.77. The largest absolute Gasteiger partial charge is 0.388 e. The van der Waals surface area contributed by atoms with Gasteiger partial charge in [-0.2, -0.15) is 10.5 Å². The Bertz CT molecular complexity index is 738. The predicted molar refractivity (Wildman–Crippen MR) is 81.6 cm³/mol. The molecule has 0 radical (unpaired) electrons. The van der Waals surface area contributed by atoms with Gasteiger partial charge in [0.25, 0.3) is 5.91 Å². The van der Waals surface area contributed by atoms with Gasteiger partial charge in [-0.25, -0.2) is 4.99 Å². The summed E-state index contributed by atoms with van der Waals surface area (Å²) < 4.78 is 0. The highest BCUT2D eigenvalue weighted by atomic mass is 79.9. The van der Waals surface area contributed by atoms with Crippen LogP contribution in [0.5, 0.6) is 0 Å². The number of allylic oxidation sites excluding steroid dienone is 2. The number of anilines is 1. The van der Waals surface area contributed by atoms with E-state index in [9.17, 15) is 4.79 Å². The minimum atomic E-state index is -0.311. The summed E-state index contributed by atoms with van der Waals surface area (Å²) in [7, 11) is 0. The van der Waals surface area contributed by atoms with Crippen LogP contribution in [0, 0.1) is 22.7 Å². The Morgan fingerprint density at radius 2 is 2.05 bits per heavy atom. The molecule has 0 aliphatic carbocycles. The van der Waals surface area contributed by atoms with Gasteiger partial charge in [-0.15, -0.1) is 0 Å². The van der Waals surface area contributed by atoms with Crippen molar-refractivity contribution < 1.29 is 4.79 Å². The molecule has 104 valence electrons. The fourth-order valence-corrected chi connectivity index (χ4v) is 2.34. The van der Waals surface area contributed by atoms with Crippen LogP contribution in [0.25, 0.3) is 0 Å². The fourth-order valence-electron chi connectivity index (χ4n) is 1.99. The Balaban J connectivity index is 2.59. The van der Waals surface area contributed by atoms with Gasteiger partial charge in [0.2, 0.25) is 0 Å². The molecule has 0 spiro atoms. The zero-order valence-corrected chi connectivity index (χ0v) is 12.5. The number of alkyl halides is 1. The SMILES string of the molecule is N#C/C(N)=C(C#N)/N=C1\C(=O)N(CCBr)c2ccccc21. The Morgan fingerprint density at radius 3 is 2.67 bits per heavy atom. The maximum Gasteiger partial charge on any atom is 0.277 e. The van der Waals surface area contributed by atoms with Gasteiger partial charge in [-0.3, -0.25) is 4.79 Å². The molecule has 7 heteroatoms. The summed E-state index contributed by atoms with van der Waals surface area (Å²) in [5, 5.41) is 18.4. The normalized spacial score (nSPS) is 16.2. The highest BCUT2D eigenvalue weighted by Gasteiger charge is 2.33. The van der Waals surface area contributed by atoms with Gasteiger partial charge < -0.3 is 10.6 Å². The molecule has 0 bridgehead atoms. The van der Waals surface area contributed by atoms with Crippen LogP contribution in [-0.4, -0.2) is 23.5 Å².